The van der Waals surface area contributed by atoms with Crippen molar-refractivity contribution in [2.75, 3.05) is 26.2 Å². The molecule has 0 aliphatic carbocycles. The van der Waals surface area contributed by atoms with E-state index in [0.717, 1.165) is 12.8 Å². The molecule has 0 bridgehead atoms. The second-order valence-corrected chi connectivity index (χ2v) is 6.53. The maximum Gasteiger partial charge on any atom is 0.279 e. The largest absolute Gasteiger partial charge is 0.336 e. The molecule has 2 rings (SSSR count). The maximum atomic E-state index is 12.1. The minimum Gasteiger partial charge on any atom is -0.336 e. The lowest BCUT2D eigenvalue weighted by Gasteiger charge is -2.30. The third-order valence-electron chi connectivity index (χ3n) is 3.46. The summed E-state index contributed by atoms with van der Waals surface area (Å²) in [6.07, 6.45) is 6.84. The fourth-order valence-electron chi connectivity index (χ4n) is 2.20. The molecule has 19 heavy (non-hydrogen) atoms. The highest BCUT2D eigenvalue weighted by Crippen LogP contribution is 2.17. The van der Waals surface area contributed by atoms with Gasteiger partial charge in [-0.25, -0.2) is 9.71 Å². The molecule has 0 aromatic carbocycles. The number of rotatable bonds is 6. The number of piperidine rings is 1. The summed E-state index contributed by atoms with van der Waals surface area (Å²) in [4.78, 5) is 3.91. The molecule has 1 aromatic rings. The number of imidazole rings is 1. The number of aromatic nitrogens is 2. The zero-order chi connectivity index (χ0) is 13.7. The van der Waals surface area contributed by atoms with Gasteiger partial charge in [-0.15, -0.1) is 0 Å². The van der Waals surface area contributed by atoms with Crippen LogP contribution in [0.4, 0.5) is 0 Å². The lowest BCUT2D eigenvalue weighted by Crippen LogP contribution is -2.46. The second-order valence-electron chi connectivity index (χ2n) is 4.78. The van der Waals surface area contributed by atoms with Crippen LogP contribution >= 0.6 is 0 Å². The van der Waals surface area contributed by atoms with Crippen LogP contribution in [0, 0.1) is 5.92 Å². The van der Waals surface area contributed by atoms with Crippen molar-refractivity contribution in [1.82, 2.24) is 18.6 Å². The molecule has 0 amide bonds. The first-order valence-electron chi connectivity index (χ1n) is 6.52. The predicted octanol–water partition coefficient (Wildman–Crippen LogP) is -0.612. The van der Waals surface area contributed by atoms with Gasteiger partial charge in [0, 0.05) is 38.6 Å². The predicted molar refractivity (Wildman–Crippen MR) is 72.5 cm³/mol. The SMILES string of the molecule is NCC1CCN(S(=O)(=O)NCCn2ccnc2)CC1. The van der Waals surface area contributed by atoms with Crippen molar-refractivity contribution in [3.05, 3.63) is 18.7 Å². The highest BCUT2D eigenvalue weighted by atomic mass is 32.2. The average Bonchev–Trinajstić information content (AvgIpc) is 2.92. The molecular formula is C11H21N5O2S. The normalized spacial score (nSPS) is 18.8. The molecule has 2 heterocycles. The zero-order valence-corrected chi connectivity index (χ0v) is 11.7. The minimum absolute atomic E-state index is 0.371. The van der Waals surface area contributed by atoms with Crippen LogP contribution in [0.3, 0.4) is 0 Å². The maximum absolute atomic E-state index is 12.1. The Balaban J connectivity index is 1.78. The summed E-state index contributed by atoms with van der Waals surface area (Å²) in [6.45, 7) is 2.71. The van der Waals surface area contributed by atoms with Gasteiger partial charge in [0.1, 0.15) is 0 Å². The Kier molecular flexibility index (Phi) is 4.92. The summed E-state index contributed by atoms with van der Waals surface area (Å²) >= 11 is 0. The van der Waals surface area contributed by atoms with E-state index in [9.17, 15) is 8.42 Å². The molecular weight excluding hydrogens is 266 g/mol. The summed E-state index contributed by atoms with van der Waals surface area (Å²) in [6, 6.07) is 0. The van der Waals surface area contributed by atoms with Crippen molar-refractivity contribution in [1.29, 1.82) is 0 Å². The van der Waals surface area contributed by atoms with Crippen molar-refractivity contribution in [3.63, 3.8) is 0 Å². The molecule has 1 fully saturated rings. The topological polar surface area (TPSA) is 93.2 Å². The molecule has 0 saturated carbocycles. The van der Waals surface area contributed by atoms with Gasteiger partial charge in [-0.05, 0) is 25.3 Å². The van der Waals surface area contributed by atoms with Gasteiger partial charge in [0.05, 0.1) is 6.33 Å². The van der Waals surface area contributed by atoms with Gasteiger partial charge in [-0.2, -0.15) is 12.7 Å². The number of nitrogens with two attached hydrogens (primary N) is 1. The summed E-state index contributed by atoms with van der Waals surface area (Å²) in [5.41, 5.74) is 5.60. The summed E-state index contributed by atoms with van der Waals surface area (Å²) < 4.78 is 30.1. The second kappa shape index (κ2) is 6.47. The third kappa shape index (κ3) is 4.00. The average molecular weight is 287 g/mol. The number of hydrogen-bond donors (Lipinski definition) is 2. The number of hydrogen-bond acceptors (Lipinski definition) is 4. The fourth-order valence-corrected chi connectivity index (χ4v) is 3.42. The van der Waals surface area contributed by atoms with Gasteiger partial charge in [0.25, 0.3) is 10.2 Å². The fraction of sp³-hybridized carbons (Fsp3) is 0.727. The first kappa shape index (κ1) is 14.4. The van der Waals surface area contributed by atoms with Gasteiger partial charge in [0.2, 0.25) is 0 Å². The van der Waals surface area contributed by atoms with Crippen LogP contribution in [0.1, 0.15) is 12.8 Å². The first-order valence-corrected chi connectivity index (χ1v) is 7.96. The molecule has 0 radical (unpaired) electrons. The van der Waals surface area contributed by atoms with Crippen LogP contribution in [-0.4, -0.2) is 48.5 Å². The summed E-state index contributed by atoms with van der Waals surface area (Å²) in [5.74, 6) is 0.456. The monoisotopic (exact) mass is 287 g/mol. The number of nitrogens with zero attached hydrogens (tertiary/aromatic N) is 3. The van der Waals surface area contributed by atoms with E-state index in [1.807, 2.05) is 4.57 Å². The third-order valence-corrected chi connectivity index (χ3v) is 5.07. The molecule has 1 aliphatic heterocycles. The van der Waals surface area contributed by atoms with Crippen molar-refractivity contribution < 1.29 is 8.42 Å². The van der Waals surface area contributed by atoms with E-state index in [0.29, 0.717) is 38.6 Å². The smallest absolute Gasteiger partial charge is 0.279 e. The highest BCUT2D eigenvalue weighted by Gasteiger charge is 2.26. The van der Waals surface area contributed by atoms with Crippen LogP contribution in [0.2, 0.25) is 0 Å². The molecule has 7 nitrogen and oxygen atoms in total. The van der Waals surface area contributed by atoms with E-state index >= 15 is 0 Å². The molecule has 0 atom stereocenters. The lowest BCUT2D eigenvalue weighted by atomic mass is 9.99. The number of nitrogens with one attached hydrogen (secondary N) is 1. The Labute approximate surface area is 114 Å². The van der Waals surface area contributed by atoms with Gasteiger partial charge in [-0.1, -0.05) is 0 Å². The van der Waals surface area contributed by atoms with Crippen LogP contribution in [0.15, 0.2) is 18.7 Å². The van der Waals surface area contributed by atoms with E-state index in [2.05, 4.69) is 9.71 Å². The van der Waals surface area contributed by atoms with Gasteiger partial charge in [0.15, 0.2) is 0 Å². The Morgan fingerprint density at radius 3 is 2.68 bits per heavy atom. The van der Waals surface area contributed by atoms with E-state index in [4.69, 9.17) is 5.73 Å². The van der Waals surface area contributed by atoms with Gasteiger partial charge in [-0.3, -0.25) is 0 Å². The Hall–Kier alpha value is -0.960. The summed E-state index contributed by atoms with van der Waals surface area (Å²) in [5, 5.41) is 0. The quantitative estimate of drug-likeness (QED) is 0.730. The van der Waals surface area contributed by atoms with E-state index in [-0.39, 0.29) is 0 Å². The van der Waals surface area contributed by atoms with E-state index < -0.39 is 10.2 Å². The minimum atomic E-state index is -3.36. The molecule has 1 saturated heterocycles. The van der Waals surface area contributed by atoms with Crippen molar-refractivity contribution in [3.8, 4) is 0 Å². The van der Waals surface area contributed by atoms with Gasteiger partial charge >= 0.3 is 0 Å². The Morgan fingerprint density at radius 2 is 2.11 bits per heavy atom. The van der Waals surface area contributed by atoms with Crippen molar-refractivity contribution in [2.24, 2.45) is 11.7 Å². The van der Waals surface area contributed by atoms with Crippen LogP contribution in [-0.2, 0) is 16.8 Å². The molecule has 8 heteroatoms. The van der Waals surface area contributed by atoms with Crippen LogP contribution in [0.25, 0.3) is 0 Å². The van der Waals surface area contributed by atoms with Crippen LogP contribution < -0.4 is 10.5 Å². The zero-order valence-electron chi connectivity index (χ0n) is 10.9. The standard InChI is InChI=1S/C11H21N5O2S/c12-9-11-1-5-16(6-2-11)19(17,18)14-4-8-15-7-3-13-10-15/h3,7,10-11,14H,1-2,4-6,8-9,12H2. The highest BCUT2D eigenvalue weighted by molar-refractivity contribution is 7.87. The molecule has 0 spiro atoms. The first-order chi connectivity index (χ1) is 9.12. The van der Waals surface area contributed by atoms with Crippen molar-refractivity contribution in [2.45, 2.75) is 19.4 Å². The van der Waals surface area contributed by atoms with Gasteiger partial charge < -0.3 is 10.3 Å². The van der Waals surface area contributed by atoms with Crippen molar-refractivity contribution >= 4 is 10.2 Å². The van der Waals surface area contributed by atoms with Crippen LogP contribution in [0.5, 0.6) is 0 Å². The van der Waals surface area contributed by atoms with E-state index in [1.54, 1.807) is 18.7 Å². The van der Waals surface area contributed by atoms with E-state index in [1.165, 1.54) is 4.31 Å². The molecule has 3 N–H and O–H groups in total. The molecule has 0 unspecified atom stereocenters. The Bertz CT molecular complexity index is 465. The molecule has 1 aliphatic rings. The lowest BCUT2D eigenvalue weighted by molar-refractivity contribution is 0.275. The molecule has 1 aromatic heterocycles. The molecule has 108 valence electrons. The summed E-state index contributed by atoms with van der Waals surface area (Å²) in [7, 11) is -3.36. The Morgan fingerprint density at radius 1 is 1.37 bits per heavy atom.